The molecule has 3 aliphatic heterocycles. The summed E-state index contributed by atoms with van der Waals surface area (Å²) < 4.78 is 12.6. The molecule has 0 aliphatic carbocycles. The second-order valence-corrected chi connectivity index (χ2v) is 20.1. The Morgan fingerprint density at radius 1 is 1.04 bits per heavy atom. The normalized spacial score (nSPS) is 23.8. The number of aliphatic hydroxyl groups excluding tert-OH is 1. The van der Waals surface area contributed by atoms with Crippen LogP contribution in [0.15, 0.2) is 97.1 Å². The highest BCUT2D eigenvalue weighted by molar-refractivity contribution is 6.91. The van der Waals surface area contributed by atoms with Crippen LogP contribution >= 0.6 is 11.6 Å². The molecule has 1 N–H and O–H groups in total. The Kier molecular flexibility index (Phi) is 10.3. The van der Waals surface area contributed by atoms with Gasteiger partial charge in [-0.25, -0.2) is 0 Å². The van der Waals surface area contributed by atoms with E-state index in [2.05, 4.69) is 32.2 Å². The molecule has 7 rings (SSSR count). The highest BCUT2D eigenvalue weighted by atomic mass is 35.5. The molecule has 0 radical (unpaired) electrons. The number of ether oxygens (including phenoxy) is 2. The number of amides is 3. The van der Waals surface area contributed by atoms with Gasteiger partial charge < -0.3 is 24.4 Å². The lowest BCUT2D eigenvalue weighted by Crippen LogP contribution is -2.52. The van der Waals surface area contributed by atoms with Crippen molar-refractivity contribution in [1.82, 2.24) is 4.90 Å². The molecule has 11 heteroatoms. The number of carbonyl (C=O) groups is 3. The van der Waals surface area contributed by atoms with Crippen molar-refractivity contribution in [2.24, 2.45) is 5.92 Å². The molecule has 53 heavy (non-hydrogen) atoms. The van der Waals surface area contributed by atoms with Crippen molar-refractivity contribution in [2.75, 3.05) is 30.1 Å². The maximum atomic E-state index is 15.2. The highest BCUT2D eigenvalue weighted by Crippen LogP contribution is 2.60. The molecular formula is C42H46ClN3O6Si. The maximum absolute atomic E-state index is 15.2. The van der Waals surface area contributed by atoms with E-state index >= 15 is 4.79 Å². The second kappa shape index (κ2) is 14.7. The van der Waals surface area contributed by atoms with Crippen molar-refractivity contribution in [3.63, 3.8) is 0 Å². The summed E-state index contributed by atoms with van der Waals surface area (Å²) >= 11 is 6.68. The summed E-state index contributed by atoms with van der Waals surface area (Å²) in [5.41, 5.74) is 2.29. The van der Waals surface area contributed by atoms with Crippen LogP contribution in [0.4, 0.5) is 17.1 Å². The van der Waals surface area contributed by atoms with Gasteiger partial charge in [0, 0.05) is 34.4 Å². The van der Waals surface area contributed by atoms with Crippen molar-refractivity contribution < 1.29 is 29.0 Å². The Labute approximate surface area is 317 Å². The third-order valence-corrected chi connectivity index (χ3v) is 16.4. The van der Waals surface area contributed by atoms with Gasteiger partial charge in [0.1, 0.15) is 5.75 Å². The number of carbonyl (C=O) groups excluding carboxylic acids is 3. The first-order valence-electron chi connectivity index (χ1n) is 18.3. The molecule has 2 saturated heterocycles. The Morgan fingerprint density at radius 2 is 1.74 bits per heavy atom. The number of rotatable bonds is 11. The van der Waals surface area contributed by atoms with Crippen molar-refractivity contribution in [2.45, 2.75) is 69.1 Å². The molecule has 3 amide bonds. The van der Waals surface area contributed by atoms with E-state index in [-0.39, 0.29) is 48.9 Å². The lowest BCUT2D eigenvalue weighted by Gasteiger charge is -2.37. The summed E-state index contributed by atoms with van der Waals surface area (Å²) in [6.45, 7) is 7.47. The Morgan fingerprint density at radius 3 is 2.40 bits per heavy atom. The van der Waals surface area contributed by atoms with Crippen LogP contribution in [-0.2, 0) is 31.3 Å². The molecule has 5 atom stereocenters. The van der Waals surface area contributed by atoms with Gasteiger partial charge in [-0.05, 0) is 78.5 Å². The first-order chi connectivity index (χ1) is 25.5. The molecule has 0 saturated carbocycles. The Bertz CT molecular complexity index is 1980. The van der Waals surface area contributed by atoms with Gasteiger partial charge in [-0.15, -0.1) is 0 Å². The van der Waals surface area contributed by atoms with E-state index in [4.69, 9.17) is 21.1 Å². The van der Waals surface area contributed by atoms with Crippen LogP contribution in [0.2, 0.25) is 23.7 Å². The first-order valence-corrected chi connectivity index (χ1v) is 21.7. The van der Waals surface area contributed by atoms with Crippen LogP contribution in [0.5, 0.6) is 5.75 Å². The minimum absolute atomic E-state index is 0.0612. The third-order valence-electron chi connectivity index (χ3n) is 11.8. The molecule has 1 spiro atoms. The monoisotopic (exact) mass is 751 g/mol. The zero-order valence-corrected chi connectivity index (χ0v) is 32.3. The predicted octanol–water partition coefficient (Wildman–Crippen LogP) is 6.78. The molecule has 0 aromatic heterocycles. The average molecular weight is 752 g/mol. The predicted molar refractivity (Wildman–Crippen MR) is 210 cm³/mol. The summed E-state index contributed by atoms with van der Waals surface area (Å²) in [6, 6.07) is 30.5. The number of fused-ring (bicyclic) bond motifs is 2. The van der Waals surface area contributed by atoms with Gasteiger partial charge in [0.05, 0.1) is 52.6 Å². The summed E-state index contributed by atoms with van der Waals surface area (Å²) in [5.74, 6) is 0.215. The van der Waals surface area contributed by atoms with E-state index in [1.807, 2.05) is 78.9 Å². The zero-order valence-electron chi connectivity index (χ0n) is 30.6. The van der Waals surface area contributed by atoms with Gasteiger partial charge in [-0.1, -0.05) is 79.3 Å². The van der Waals surface area contributed by atoms with Crippen LogP contribution in [0.3, 0.4) is 0 Å². The lowest BCUT2D eigenvalue weighted by molar-refractivity contribution is -0.150. The smallest absolute Gasteiger partial charge is 0.264 e. The summed E-state index contributed by atoms with van der Waals surface area (Å²) in [4.78, 5) is 46.4. The summed E-state index contributed by atoms with van der Waals surface area (Å²) in [6.07, 6.45) is 1.96. The Hall–Kier alpha value is -4.48. The number of anilines is 3. The average Bonchev–Trinajstić information content (AvgIpc) is 3.83. The van der Waals surface area contributed by atoms with Crippen LogP contribution in [-0.4, -0.2) is 68.7 Å². The largest absolute Gasteiger partial charge is 0.497 e. The standard InChI is InChI=1S/C42H46ClN3O6Si/c1-28-40(53(3,4)35-19-17-34(51-2)18-20-35)38(24-39(49)44-22-8-11-33(44)26-47)52-42(28)36-23-30(43)14-21-37(36)45(41(42)50)25-29-12-15-32(16-13-29)46(27-48)31-9-6-5-7-10-31/h5-7,9-10,12-21,23,27-28,33,38,40,47H,8,11,22,24-26H2,1-4H3/t28-,33-,38+,40-,42+/m0/s1. The molecule has 4 aromatic carbocycles. The number of hydrogen-bond donors (Lipinski definition) is 1. The molecule has 276 valence electrons. The molecule has 0 unspecified atom stereocenters. The Balaban J connectivity index is 1.25. The number of nitrogens with zero attached hydrogens (tertiary/aromatic N) is 3. The second-order valence-electron chi connectivity index (χ2n) is 15.0. The number of aliphatic hydroxyl groups is 1. The third kappa shape index (κ3) is 6.45. The van der Waals surface area contributed by atoms with E-state index in [1.165, 1.54) is 5.19 Å². The summed E-state index contributed by atoms with van der Waals surface area (Å²) in [5, 5.41) is 11.7. The van der Waals surface area contributed by atoms with E-state index < -0.39 is 19.8 Å². The van der Waals surface area contributed by atoms with E-state index in [0.717, 1.165) is 41.9 Å². The first kappa shape index (κ1) is 36.9. The van der Waals surface area contributed by atoms with Crippen molar-refractivity contribution >= 4 is 60.1 Å². The van der Waals surface area contributed by atoms with Crippen LogP contribution in [0, 0.1) is 5.92 Å². The minimum atomic E-state index is -2.48. The zero-order chi connectivity index (χ0) is 37.5. The molecular weight excluding hydrogens is 706 g/mol. The number of para-hydroxylation sites is 1. The summed E-state index contributed by atoms with van der Waals surface area (Å²) in [7, 11) is -0.835. The number of likely N-dealkylation sites (tertiary alicyclic amines) is 1. The fraction of sp³-hybridized carbons (Fsp3) is 0.357. The minimum Gasteiger partial charge on any atom is -0.497 e. The highest BCUT2D eigenvalue weighted by Gasteiger charge is 2.66. The molecule has 9 nitrogen and oxygen atoms in total. The molecule has 2 fully saturated rings. The van der Waals surface area contributed by atoms with Crippen molar-refractivity contribution in [3.8, 4) is 5.75 Å². The quantitative estimate of drug-likeness (QED) is 0.134. The van der Waals surface area contributed by atoms with Gasteiger partial charge >= 0.3 is 0 Å². The van der Waals surface area contributed by atoms with Crippen LogP contribution in [0.25, 0.3) is 0 Å². The number of hydrogen-bond acceptors (Lipinski definition) is 6. The fourth-order valence-electron chi connectivity index (χ4n) is 9.09. The van der Waals surface area contributed by atoms with Crippen LogP contribution in [0.1, 0.15) is 37.3 Å². The number of benzene rings is 4. The lowest BCUT2D eigenvalue weighted by atomic mass is 9.82. The van der Waals surface area contributed by atoms with Crippen molar-refractivity contribution in [3.05, 3.63) is 113 Å². The van der Waals surface area contributed by atoms with Crippen LogP contribution < -0.4 is 19.7 Å². The van der Waals surface area contributed by atoms with Gasteiger partial charge in [0.2, 0.25) is 12.3 Å². The van der Waals surface area contributed by atoms with Gasteiger partial charge in [-0.3, -0.25) is 19.3 Å². The molecule has 4 aromatic rings. The SMILES string of the molecule is COc1ccc([Si](C)(C)[C@@H]2[C@@H](CC(=O)N3CCC[C@H]3CO)O[C@]3(C(=O)N(Cc4ccc(N(C=O)c5ccccc5)cc4)c4ccc(Cl)cc43)[C@H]2C)cc1. The number of methoxy groups -OCH3 is 1. The number of halogens is 1. The van der Waals surface area contributed by atoms with E-state index in [9.17, 15) is 14.7 Å². The van der Waals surface area contributed by atoms with Gasteiger partial charge in [-0.2, -0.15) is 0 Å². The fourth-order valence-corrected chi connectivity index (χ4v) is 13.3. The van der Waals surface area contributed by atoms with E-state index in [1.54, 1.807) is 27.9 Å². The van der Waals surface area contributed by atoms with Gasteiger partial charge in [0.25, 0.3) is 5.91 Å². The van der Waals surface area contributed by atoms with Gasteiger partial charge in [0.15, 0.2) is 5.60 Å². The topological polar surface area (TPSA) is 99.6 Å². The molecule has 3 aliphatic rings. The molecule has 0 bridgehead atoms. The molecule has 3 heterocycles. The van der Waals surface area contributed by atoms with Crippen molar-refractivity contribution in [1.29, 1.82) is 0 Å². The van der Waals surface area contributed by atoms with E-state index in [0.29, 0.717) is 22.8 Å². The maximum Gasteiger partial charge on any atom is 0.264 e.